The normalized spacial score (nSPS) is 17.1. The van der Waals surface area contributed by atoms with Gasteiger partial charge in [-0.25, -0.2) is 27.8 Å². The first kappa shape index (κ1) is 60.3. The molecular weight excluding hydrogens is 1150 g/mol. The van der Waals surface area contributed by atoms with Crippen molar-refractivity contribution in [3.63, 3.8) is 0 Å². The van der Waals surface area contributed by atoms with E-state index in [1.54, 1.807) is 34.1 Å². The van der Waals surface area contributed by atoms with Gasteiger partial charge in [-0.1, -0.05) is 36.5 Å². The van der Waals surface area contributed by atoms with Crippen LogP contribution in [0, 0.1) is 34.3 Å². The van der Waals surface area contributed by atoms with Gasteiger partial charge in [0.1, 0.15) is 50.8 Å². The Morgan fingerprint density at radius 2 is 1.09 bits per heavy atom. The summed E-state index contributed by atoms with van der Waals surface area (Å²) in [4.78, 5) is 48.3. The number of β-amino-alcohol motifs (C(OH)–C–C–N with tert-alkyl or cyclic N) is 2. The molecule has 4 aliphatic rings. The lowest BCUT2D eigenvalue weighted by atomic mass is 10.1. The van der Waals surface area contributed by atoms with E-state index in [0.29, 0.717) is 82.5 Å². The number of halogens is 3. The zero-order chi connectivity index (χ0) is 59.9. The minimum absolute atomic E-state index is 0.0206. The standard InChI is InChI=1S/C30H33FN8O2S.C24H24FN7S.C6H10ClNO2/c1-3-24-29(35(2)30-33-28(26(17-32)42-30)20-4-6-21(31)7-5-20)25-16-22(8-11-39(25)34-24)37-14-12-36(13-15-37)19-27(41)38-10-9-23(40)18-38;1-3-19-23(20-14-18(8-11-32(20)29-19)31-12-9-27-10-13-31)30(2)24-28-22(21(15-26)33-24)16-4-6-17(25)7-5-16;7-3-6(10)8-2-1-5(9)4-8/h4-8,11,16,23,40H,3,9-10,12-15,18-19H2,1-2H3;4-8,11,14,27H,3,9-10,12-13H2,1-2H3;5,9H,1-4H2/t23-;;5-/m0.0/s1. The Morgan fingerprint density at radius 1 is 0.659 bits per heavy atom. The maximum atomic E-state index is 13.5. The van der Waals surface area contributed by atoms with Crippen molar-refractivity contribution in [1.29, 1.82) is 10.5 Å². The third-order valence-corrected chi connectivity index (χ3v) is 17.9. The lowest BCUT2D eigenvalue weighted by molar-refractivity contribution is -0.131. The molecule has 20 nitrogen and oxygen atoms in total. The highest BCUT2D eigenvalue weighted by Crippen LogP contribution is 2.41. The number of nitriles is 2. The summed E-state index contributed by atoms with van der Waals surface area (Å²) in [6.45, 7) is 13.7. The Labute approximate surface area is 504 Å². The van der Waals surface area contributed by atoms with Gasteiger partial charge in [0.05, 0.1) is 52.5 Å². The number of carbonyl (C=O) groups is 2. The average molecular weight is 1210 g/mol. The largest absolute Gasteiger partial charge is 0.391 e. The second-order valence-corrected chi connectivity index (χ2v) is 23.4. The van der Waals surface area contributed by atoms with Crippen LogP contribution < -0.4 is 24.9 Å². The van der Waals surface area contributed by atoms with Crippen molar-refractivity contribution in [3.05, 3.63) is 118 Å². The first-order valence-electron chi connectivity index (χ1n) is 28.4. The Balaban J connectivity index is 0.000000166. The van der Waals surface area contributed by atoms with E-state index in [1.165, 1.54) is 52.6 Å². The van der Waals surface area contributed by atoms with Crippen molar-refractivity contribution in [2.45, 2.75) is 51.7 Å². The Morgan fingerprint density at radius 3 is 1.49 bits per heavy atom. The average Bonchev–Trinajstić information content (AvgIpc) is 4.55. The second kappa shape index (κ2) is 27.1. The third-order valence-electron chi connectivity index (χ3n) is 15.6. The number of aryl methyl sites for hydroxylation is 2. The zero-order valence-corrected chi connectivity index (χ0v) is 50.2. The highest BCUT2D eigenvalue weighted by Gasteiger charge is 2.30. The maximum absolute atomic E-state index is 13.5. The summed E-state index contributed by atoms with van der Waals surface area (Å²) >= 11 is 7.94. The molecule has 2 aromatic carbocycles. The van der Waals surface area contributed by atoms with Crippen molar-refractivity contribution in [1.82, 2.24) is 49.2 Å². The molecule has 0 saturated carbocycles. The van der Waals surface area contributed by atoms with Gasteiger partial charge in [0.15, 0.2) is 10.3 Å². The number of fused-ring (bicyclic) bond motifs is 2. The van der Waals surface area contributed by atoms with Crippen LogP contribution in [0.1, 0.15) is 47.8 Å². The Kier molecular flexibility index (Phi) is 19.2. The monoisotopic (exact) mass is 1210 g/mol. The van der Waals surface area contributed by atoms with Gasteiger partial charge in [-0.15, -0.1) is 11.6 Å². The number of carbonyl (C=O) groups excluding carboxylic acids is 2. The van der Waals surface area contributed by atoms with Gasteiger partial charge < -0.3 is 44.9 Å². The number of likely N-dealkylation sites (tertiary alicyclic amines) is 2. The summed E-state index contributed by atoms with van der Waals surface area (Å²) in [7, 11) is 3.90. The number of aromatic nitrogens is 6. The van der Waals surface area contributed by atoms with Crippen LogP contribution in [0.15, 0.2) is 85.2 Å². The van der Waals surface area contributed by atoms with Gasteiger partial charge in [-0.05, 0) is 98.5 Å². The number of aliphatic hydroxyl groups is 2. The third kappa shape index (κ3) is 13.5. The highest BCUT2D eigenvalue weighted by atomic mass is 35.5. The number of benzene rings is 2. The lowest BCUT2D eigenvalue weighted by Gasteiger charge is -2.36. The number of hydrogen-bond donors (Lipinski definition) is 3. The van der Waals surface area contributed by atoms with Crippen LogP contribution in [0.3, 0.4) is 0 Å². The minimum Gasteiger partial charge on any atom is -0.391 e. The van der Waals surface area contributed by atoms with Gasteiger partial charge >= 0.3 is 0 Å². The van der Waals surface area contributed by atoms with E-state index in [9.17, 15) is 34.0 Å². The summed E-state index contributed by atoms with van der Waals surface area (Å²) in [5.74, 6) is -0.628. The fourth-order valence-electron chi connectivity index (χ4n) is 11.0. The highest BCUT2D eigenvalue weighted by molar-refractivity contribution is 7.17. The van der Waals surface area contributed by atoms with Crippen molar-refractivity contribution in [2.75, 3.05) is 125 Å². The number of hydrogen-bond acceptors (Lipinski definition) is 18. The molecule has 0 spiro atoms. The number of pyridine rings is 2. The molecule has 2 atom stereocenters. The van der Waals surface area contributed by atoms with Crippen LogP contribution in [0.5, 0.6) is 0 Å². The molecule has 10 heterocycles. The zero-order valence-electron chi connectivity index (χ0n) is 47.8. The molecule has 8 aromatic rings. The number of aliphatic hydroxyl groups excluding tert-OH is 2. The molecule has 6 aromatic heterocycles. The summed E-state index contributed by atoms with van der Waals surface area (Å²) in [5.41, 5.74) is 10.5. The van der Waals surface area contributed by atoms with Crippen LogP contribution in [-0.2, 0) is 22.4 Å². The fraction of sp³-hybridized carbons (Fsp3) is 0.400. The van der Waals surface area contributed by atoms with E-state index in [4.69, 9.17) is 36.9 Å². The van der Waals surface area contributed by atoms with Crippen LogP contribution in [0.25, 0.3) is 33.5 Å². The predicted octanol–water partition coefficient (Wildman–Crippen LogP) is 7.54. The molecule has 0 radical (unpaired) electrons. The van der Waals surface area contributed by atoms with E-state index < -0.39 is 6.10 Å². The molecular formula is C60H67ClF2N16O4S2. The van der Waals surface area contributed by atoms with Gasteiger partial charge in [0.2, 0.25) is 11.8 Å². The van der Waals surface area contributed by atoms with Crippen molar-refractivity contribution < 1.29 is 28.6 Å². The van der Waals surface area contributed by atoms with Crippen LogP contribution in [0.2, 0.25) is 0 Å². The summed E-state index contributed by atoms with van der Waals surface area (Å²) < 4.78 is 30.7. The molecule has 4 fully saturated rings. The minimum atomic E-state index is -0.401. The summed E-state index contributed by atoms with van der Waals surface area (Å²) in [5, 5.41) is 52.7. The molecule has 0 aliphatic carbocycles. The Bertz CT molecular complexity index is 3730. The number of thiazole rings is 2. The van der Waals surface area contributed by atoms with Gasteiger partial charge in [-0.3, -0.25) is 14.5 Å². The van der Waals surface area contributed by atoms with Crippen LogP contribution in [0.4, 0.5) is 41.8 Å². The molecule has 0 unspecified atom stereocenters. The lowest BCUT2D eigenvalue weighted by Crippen LogP contribution is -2.50. The van der Waals surface area contributed by atoms with Gasteiger partial charge in [0, 0.05) is 128 Å². The summed E-state index contributed by atoms with van der Waals surface area (Å²) in [6.07, 6.45) is 6.07. The molecule has 0 bridgehead atoms. The van der Waals surface area contributed by atoms with E-state index >= 15 is 0 Å². The maximum Gasteiger partial charge on any atom is 0.237 e. The van der Waals surface area contributed by atoms with Crippen LogP contribution in [-0.4, -0.2) is 183 Å². The molecule has 3 N–H and O–H groups in total. The number of rotatable bonds is 13. The molecule has 25 heteroatoms. The van der Waals surface area contributed by atoms with E-state index in [-0.39, 0.29) is 35.4 Å². The quantitative estimate of drug-likeness (QED) is 0.0950. The topological polar surface area (TPSA) is 217 Å². The molecule has 4 saturated heterocycles. The number of piperazine rings is 2. The Hall–Kier alpha value is -7.81. The number of amides is 2. The first-order chi connectivity index (χ1) is 41.2. The smallest absolute Gasteiger partial charge is 0.237 e. The second-order valence-electron chi connectivity index (χ2n) is 21.1. The number of anilines is 6. The molecule has 12 rings (SSSR count). The number of nitrogens with zero attached hydrogens (tertiary/aromatic N) is 15. The van der Waals surface area contributed by atoms with E-state index in [1.807, 2.05) is 45.3 Å². The van der Waals surface area contributed by atoms with E-state index in [2.05, 4.69) is 70.3 Å². The van der Waals surface area contributed by atoms with Crippen molar-refractivity contribution >= 4 is 90.1 Å². The first-order valence-corrected chi connectivity index (χ1v) is 30.6. The predicted molar refractivity (Wildman–Crippen MR) is 329 cm³/mol. The van der Waals surface area contributed by atoms with Gasteiger partial charge in [0.25, 0.3) is 0 Å². The van der Waals surface area contributed by atoms with Gasteiger partial charge in [-0.2, -0.15) is 20.7 Å². The van der Waals surface area contributed by atoms with Crippen molar-refractivity contribution in [2.24, 2.45) is 0 Å². The molecule has 4 aliphatic heterocycles. The fourth-order valence-corrected chi connectivity index (χ4v) is 12.9. The van der Waals surface area contributed by atoms with Crippen LogP contribution >= 0.6 is 34.3 Å². The molecule has 2 amide bonds. The number of nitrogens with one attached hydrogen (secondary N) is 1. The SMILES string of the molecule is CCc1nn2ccc(N3CCN(CC(=O)N4CC[C@H](O)C4)CC3)cc2c1N(C)c1nc(-c2ccc(F)cc2)c(C#N)s1.CCc1nn2ccc(N3CCNCC3)cc2c1N(C)c1nc(-c2ccc(F)cc2)c(C#N)s1.O=C(CCl)N1CC[C@H](O)C1. The summed E-state index contributed by atoms with van der Waals surface area (Å²) in [6, 6.07) is 25.1. The van der Waals surface area contributed by atoms with Crippen molar-refractivity contribution in [3.8, 4) is 34.7 Å². The van der Waals surface area contributed by atoms with E-state index in [0.717, 1.165) is 110 Å². The number of alkyl halides is 1. The molecule has 85 heavy (non-hydrogen) atoms. The molecule has 444 valence electrons.